The highest BCUT2D eigenvalue weighted by atomic mass is 79.9. The van der Waals surface area contributed by atoms with Crippen LogP contribution in [0.4, 0.5) is 5.82 Å². The van der Waals surface area contributed by atoms with Crippen LogP contribution in [-0.4, -0.2) is 30.2 Å². The Morgan fingerprint density at radius 2 is 2.28 bits per heavy atom. The first-order chi connectivity index (χ1) is 8.58. The molecule has 0 amide bonds. The quantitative estimate of drug-likeness (QED) is 0.926. The Hall–Kier alpha value is -0.610. The molecule has 18 heavy (non-hydrogen) atoms. The van der Waals surface area contributed by atoms with Crippen molar-refractivity contribution in [1.29, 1.82) is 0 Å². The number of hydrogen-bond donors (Lipinski definition) is 1. The average Bonchev–Trinajstić information content (AvgIpc) is 2.78. The molecule has 0 bridgehead atoms. The lowest BCUT2D eigenvalue weighted by Crippen LogP contribution is -2.40. The highest BCUT2D eigenvalue weighted by Gasteiger charge is 2.25. The molecule has 3 nitrogen and oxygen atoms in total. The van der Waals surface area contributed by atoms with Crippen LogP contribution in [0, 0.1) is 6.92 Å². The van der Waals surface area contributed by atoms with E-state index in [4.69, 9.17) is 0 Å². The molecule has 0 saturated carbocycles. The first kappa shape index (κ1) is 13.8. The van der Waals surface area contributed by atoms with Crippen molar-refractivity contribution in [3.8, 4) is 0 Å². The molecule has 1 aliphatic heterocycles. The Bertz CT molecular complexity index is 406. The van der Waals surface area contributed by atoms with E-state index in [1.807, 2.05) is 6.92 Å². The maximum absolute atomic E-state index is 4.68. The third-order valence-corrected chi connectivity index (χ3v) is 4.28. The van der Waals surface area contributed by atoms with Gasteiger partial charge in [-0.15, -0.1) is 0 Å². The number of anilines is 1. The Morgan fingerprint density at radius 3 is 2.94 bits per heavy atom. The van der Waals surface area contributed by atoms with Crippen LogP contribution in [-0.2, 0) is 0 Å². The summed E-state index contributed by atoms with van der Waals surface area (Å²) in [7, 11) is 0. The second-order valence-electron chi connectivity index (χ2n) is 5.29. The summed E-state index contributed by atoms with van der Waals surface area (Å²) in [5, 5.41) is 3.53. The summed E-state index contributed by atoms with van der Waals surface area (Å²) in [4.78, 5) is 7.12. The van der Waals surface area contributed by atoms with Gasteiger partial charge in [-0.2, -0.15) is 0 Å². The zero-order valence-corrected chi connectivity index (χ0v) is 13.0. The maximum Gasteiger partial charge on any atom is 0.129 e. The summed E-state index contributed by atoms with van der Waals surface area (Å²) >= 11 is 3.51. The van der Waals surface area contributed by atoms with E-state index in [-0.39, 0.29) is 0 Å². The third-order valence-electron chi connectivity index (χ3n) is 3.44. The van der Waals surface area contributed by atoms with Crippen LogP contribution < -0.4 is 10.2 Å². The van der Waals surface area contributed by atoms with Gasteiger partial charge in [-0.05, 0) is 47.8 Å². The SMILES string of the molecule is Cc1nc(N2CCCC2CNC(C)C)ccc1Br. The van der Waals surface area contributed by atoms with Crippen molar-refractivity contribution in [2.45, 2.75) is 45.7 Å². The van der Waals surface area contributed by atoms with E-state index in [1.165, 1.54) is 12.8 Å². The van der Waals surface area contributed by atoms with Crippen molar-refractivity contribution >= 4 is 21.7 Å². The van der Waals surface area contributed by atoms with Crippen LogP contribution in [0.15, 0.2) is 16.6 Å². The van der Waals surface area contributed by atoms with Gasteiger partial charge in [0.15, 0.2) is 0 Å². The van der Waals surface area contributed by atoms with E-state index >= 15 is 0 Å². The summed E-state index contributed by atoms with van der Waals surface area (Å²) in [6, 6.07) is 5.35. The maximum atomic E-state index is 4.68. The standard InChI is InChI=1S/C14H22BrN3/c1-10(2)16-9-12-5-4-8-18(12)14-7-6-13(15)11(3)17-14/h6-7,10,12,16H,4-5,8-9H2,1-3H3. The molecule has 1 aromatic heterocycles. The van der Waals surface area contributed by atoms with E-state index in [2.05, 4.69) is 57.1 Å². The molecule has 0 radical (unpaired) electrons. The van der Waals surface area contributed by atoms with Gasteiger partial charge in [0.25, 0.3) is 0 Å². The number of hydrogen-bond acceptors (Lipinski definition) is 3. The zero-order chi connectivity index (χ0) is 13.1. The van der Waals surface area contributed by atoms with E-state index in [9.17, 15) is 0 Å². The van der Waals surface area contributed by atoms with Crippen LogP contribution in [0.2, 0.25) is 0 Å². The molecule has 0 spiro atoms. The van der Waals surface area contributed by atoms with Gasteiger partial charge in [0.05, 0.1) is 5.69 Å². The summed E-state index contributed by atoms with van der Waals surface area (Å²) < 4.78 is 1.09. The average molecular weight is 312 g/mol. The molecular formula is C14H22BrN3. The molecule has 1 N–H and O–H groups in total. The molecule has 4 heteroatoms. The van der Waals surface area contributed by atoms with Gasteiger partial charge in [0, 0.05) is 29.6 Å². The third kappa shape index (κ3) is 3.23. The molecule has 2 rings (SSSR count). The Balaban J connectivity index is 2.08. The fourth-order valence-corrected chi connectivity index (χ4v) is 2.63. The molecule has 1 unspecified atom stereocenters. The molecule has 2 heterocycles. The number of rotatable bonds is 4. The van der Waals surface area contributed by atoms with E-state index in [0.717, 1.165) is 29.1 Å². The van der Waals surface area contributed by atoms with Crippen LogP contribution in [0.1, 0.15) is 32.4 Å². The molecule has 1 saturated heterocycles. The van der Waals surface area contributed by atoms with Crippen LogP contribution in [0.5, 0.6) is 0 Å². The molecule has 1 aliphatic rings. The Morgan fingerprint density at radius 1 is 1.50 bits per heavy atom. The van der Waals surface area contributed by atoms with Crippen molar-refractivity contribution in [2.75, 3.05) is 18.0 Å². The van der Waals surface area contributed by atoms with Crippen LogP contribution in [0.3, 0.4) is 0 Å². The van der Waals surface area contributed by atoms with Crippen LogP contribution >= 0.6 is 15.9 Å². The summed E-state index contributed by atoms with van der Waals surface area (Å²) in [6.45, 7) is 8.61. The van der Waals surface area contributed by atoms with E-state index < -0.39 is 0 Å². The van der Waals surface area contributed by atoms with Gasteiger partial charge in [0.2, 0.25) is 0 Å². The predicted octanol–water partition coefficient (Wildman–Crippen LogP) is 3.12. The summed E-state index contributed by atoms with van der Waals surface area (Å²) in [6.07, 6.45) is 2.53. The van der Waals surface area contributed by atoms with Gasteiger partial charge < -0.3 is 10.2 Å². The first-order valence-electron chi connectivity index (χ1n) is 6.71. The lowest BCUT2D eigenvalue weighted by atomic mass is 10.2. The molecular weight excluding hydrogens is 290 g/mol. The first-order valence-corrected chi connectivity index (χ1v) is 7.50. The molecule has 1 fully saturated rings. The van der Waals surface area contributed by atoms with Crippen molar-refractivity contribution in [1.82, 2.24) is 10.3 Å². The number of nitrogens with one attached hydrogen (secondary N) is 1. The number of aromatic nitrogens is 1. The van der Waals surface area contributed by atoms with Crippen molar-refractivity contribution in [3.63, 3.8) is 0 Å². The second kappa shape index (κ2) is 6.02. The highest BCUT2D eigenvalue weighted by Crippen LogP contribution is 2.26. The fraction of sp³-hybridized carbons (Fsp3) is 0.643. The smallest absolute Gasteiger partial charge is 0.129 e. The van der Waals surface area contributed by atoms with Crippen molar-refractivity contribution < 1.29 is 0 Å². The molecule has 100 valence electrons. The van der Waals surface area contributed by atoms with E-state index in [1.54, 1.807) is 0 Å². The minimum atomic E-state index is 0.548. The Kier molecular flexibility index (Phi) is 4.62. The van der Waals surface area contributed by atoms with Crippen molar-refractivity contribution in [3.05, 3.63) is 22.3 Å². The number of aryl methyl sites for hydroxylation is 1. The molecule has 1 atom stereocenters. The Labute approximate surface area is 118 Å². The van der Waals surface area contributed by atoms with Gasteiger partial charge in [-0.1, -0.05) is 13.8 Å². The highest BCUT2D eigenvalue weighted by molar-refractivity contribution is 9.10. The monoisotopic (exact) mass is 311 g/mol. The summed E-state index contributed by atoms with van der Waals surface area (Å²) in [5.41, 5.74) is 1.06. The van der Waals surface area contributed by atoms with Crippen molar-refractivity contribution in [2.24, 2.45) is 0 Å². The minimum absolute atomic E-state index is 0.548. The fourth-order valence-electron chi connectivity index (χ4n) is 2.41. The molecule has 0 aromatic carbocycles. The van der Waals surface area contributed by atoms with Gasteiger partial charge in [-0.3, -0.25) is 0 Å². The molecule has 0 aliphatic carbocycles. The molecule has 1 aromatic rings. The zero-order valence-electron chi connectivity index (χ0n) is 11.4. The van der Waals surface area contributed by atoms with Gasteiger partial charge >= 0.3 is 0 Å². The lowest BCUT2D eigenvalue weighted by Gasteiger charge is -2.27. The topological polar surface area (TPSA) is 28.2 Å². The van der Waals surface area contributed by atoms with Crippen LogP contribution in [0.25, 0.3) is 0 Å². The second-order valence-corrected chi connectivity index (χ2v) is 6.14. The number of pyridine rings is 1. The normalized spacial score (nSPS) is 19.8. The van der Waals surface area contributed by atoms with Gasteiger partial charge in [-0.25, -0.2) is 4.98 Å². The predicted molar refractivity (Wildman–Crippen MR) is 80.2 cm³/mol. The lowest BCUT2D eigenvalue weighted by molar-refractivity contribution is 0.522. The largest absolute Gasteiger partial charge is 0.352 e. The minimum Gasteiger partial charge on any atom is -0.352 e. The number of nitrogens with zero attached hydrogens (tertiary/aromatic N) is 2. The van der Waals surface area contributed by atoms with Gasteiger partial charge in [0.1, 0.15) is 5.82 Å². The summed E-state index contributed by atoms with van der Waals surface area (Å²) in [5.74, 6) is 1.11. The van der Waals surface area contributed by atoms with E-state index in [0.29, 0.717) is 12.1 Å². The number of halogens is 1.